The van der Waals surface area contributed by atoms with E-state index in [0.29, 0.717) is 6.61 Å². The number of carboxylic acid groups (broad SMARTS) is 1. The van der Waals surface area contributed by atoms with E-state index in [2.05, 4.69) is 18.9 Å². The second-order valence-corrected chi connectivity index (χ2v) is 8.40. The number of carboxylic acids is 1. The summed E-state index contributed by atoms with van der Waals surface area (Å²) in [5.41, 5.74) is 5.17. The number of ether oxygens (including phenoxy) is 1. The Balaban J connectivity index is 1.82. The van der Waals surface area contributed by atoms with Crippen molar-refractivity contribution in [3.8, 4) is 28.3 Å². The van der Waals surface area contributed by atoms with Crippen molar-refractivity contribution < 1.29 is 14.6 Å². The van der Waals surface area contributed by atoms with Crippen molar-refractivity contribution in [1.82, 2.24) is 14.3 Å². The maximum atomic E-state index is 12.6. The van der Waals surface area contributed by atoms with E-state index in [1.165, 1.54) is 23.4 Å². The van der Waals surface area contributed by atoms with Crippen LogP contribution in [0.15, 0.2) is 35.4 Å². The van der Waals surface area contributed by atoms with Gasteiger partial charge in [-0.1, -0.05) is 13.8 Å². The number of hydrogen-bond donors (Lipinski definition) is 1. The van der Waals surface area contributed by atoms with Crippen molar-refractivity contribution >= 4 is 5.97 Å². The van der Waals surface area contributed by atoms with Gasteiger partial charge in [-0.15, -0.1) is 0 Å². The van der Waals surface area contributed by atoms with Gasteiger partial charge in [0.15, 0.2) is 5.43 Å². The van der Waals surface area contributed by atoms with Crippen molar-refractivity contribution in [2.75, 3.05) is 6.61 Å². The molecular formula is C23H23N3O4. The lowest BCUT2D eigenvalue weighted by Gasteiger charge is -2.34. The van der Waals surface area contributed by atoms with E-state index in [1.807, 2.05) is 29.9 Å². The molecule has 0 saturated heterocycles. The monoisotopic (exact) mass is 405 g/mol. The van der Waals surface area contributed by atoms with Crippen LogP contribution in [0.1, 0.15) is 41.4 Å². The summed E-state index contributed by atoms with van der Waals surface area (Å²) < 4.78 is 9.75. The molecule has 2 aliphatic rings. The molecule has 0 radical (unpaired) electrons. The molecule has 2 aromatic heterocycles. The number of aromatic carboxylic acids is 1. The number of carbonyl (C=O) groups is 1. The highest BCUT2D eigenvalue weighted by atomic mass is 16.5. The summed E-state index contributed by atoms with van der Waals surface area (Å²) in [6.07, 6.45) is 5.00. The van der Waals surface area contributed by atoms with E-state index in [0.717, 1.165) is 41.1 Å². The molecule has 2 aliphatic heterocycles. The molecule has 0 spiro atoms. The zero-order chi connectivity index (χ0) is 21.2. The number of aryl methyl sites for hydroxylation is 1. The van der Waals surface area contributed by atoms with Crippen LogP contribution in [-0.4, -0.2) is 32.0 Å². The molecule has 1 unspecified atom stereocenters. The molecule has 0 aliphatic carbocycles. The van der Waals surface area contributed by atoms with Gasteiger partial charge in [0.25, 0.3) is 0 Å². The number of fused-ring (bicyclic) bond motifs is 5. The normalized spacial score (nSPS) is 16.7. The number of benzene rings is 1. The van der Waals surface area contributed by atoms with Crippen LogP contribution in [-0.2, 0) is 19.9 Å². The highest BCUT2D eigenvalue weighted by Gasteiger charge is 2.33. The third kappa shape index (κ3) is 2.69. The average molecular weight is 405 g/mol. The molecule has 5 rings (SSSR count). The van der Waals surface area contributed by atoms with Gasteiger partial charge < -0.3 is 14.4 Å². The van der Waals surface area contributed by atoms with Gasteiger partial charge in [0.05, 0.1) is 18.0 Å². The molecule has 0 saturated carbocycles. The lowest BCUT2D eigenvalue weighted by molar-refractivity contribution is 0.0694. The van der Waals surface area contributed by atoms with Crippen molar-refractivity contribution in [2.45, 2.75) is 32.7 Å². The second kappa shape index (κ2) is 6.58. The molecule has 7 heteroatoms. The van der Waals surface area contributed by atoms with Crippen molar-refractivity contribution in [3.63, 3.8) is 0 Å². The fourth-order valence-electron chi connectivity index (χ4n) is 4.72. The Labute approximate surface area is 173 Å². The maximum absolute atomic E-state index is 12.6. The number of pyridine rings is 1. The van der Waals surface area contributed by atoms with E-state index < -0.39 is 11.4 Å². The Morgan fingerprint density at radius 1 is 1.27 bits per heavy atom. The Morgan fingerprint density at radius 2 is 2.07 bits per heavy atom. The van der Waals surface area contributed by atoms with Crippen LogP contribution in [0.25, 0.3) is 22.5 Å². The minimum atomic E-state index is -1.19. The molecule has 154 valence electrons. The Kier molecular flexibility index (Phi) is 4.10. The summed E-state index contributed by atoms with van der Waals surface area (Å²) in [6.45, 7) is 4.87. The molecule has 1 aromatic carbocycles. The fraction of sp³-hybridized carbons (Fsp3) is 0.348. The predicted octanol–water partition coefficient (Wildman–Crippen LogP) is 3.30. The first kappa shape index (κ1) is 18.7. The summed E-state index contributed by atoms with van der Waals surface area (Å²) in [4.78, 5) is 24.2. The molecule has 1 N–H and O–H groups in total. The zero-order valence-corrected chi connectivity index (χ0v) is 17.2. The zero-order valence-electron chi connectivity index (χ0n) is 17.2. The van der Waals surface area contributed by atoms with Gasteiger partial charge in [0, 0.05) is 54.7 Å². The largest absolute Gasteiger partial charge is 0.492 e. The van der Waals surface area contributed by atoms with Crippen LogP contribution in [0.4, 0.5) is 0 Å². The smallest absolute Gasteiger partial charge is 0.341 e. The van der Waals surface area contributed by atoms with E-state index in [9.17, 15) is 14.7 Å². The van der Waals surface area contributed by atoms with E-state index in [-0.39, 0.29) is 17.5 Å². The molecule has 0 fully saturated rings. The highest BCUT2D eigenvalue weighted by Crippen LogP contribution is 2.47. The lowest BCUT2D eigenvalue weighted by atomic mass is 9.82. The van der Waals surface area contributed by atoms with E-state index in [1.54, 1.807) is 4.68 Å². The van der Waals surface area contributed by atoms with Gasteiger partial charge in [0.1, 0.15) is 11.3 Å². The first-order valence-corrected chi connectivity index (χ1v) is 10.2. The number of rotatable bonds is 3. The average Bonchev–Trinajstić information content (AvgIpc) is 3.35. The first-order valence-electron chi connectivity index (χ1n) is 10.2. The first-order chi connectivity index (χ1) is 14.3. The van der Waals surface area contributed by atoms with Crippen LogP contribution in [0.2, 0.25) is 0 Å². The van der Waals surface area contributed by atoms with Crippen LogP contribution < -0.4 is 10.2 Å². The summed E-state index contributed by atoms with van der Waals surface area (Å²) in [6, 6.07) is 5.53. The topological polar surface area (TPSA) is 86.3 Å². The molecular weight excluding hydrogens is 382 g/mol. The van der Waals surface area contributed by atoms with Crippen molar-refractivity contribution in [1.29, 1.82) is 0 Å². The molecule has 7 nitrogen and oxygen atoms in total. The minimum absolute atomic E-state index is 0.0663. The summed E-state index contributed by atoms with van der Waals surface area (Å²) in [5.74, 6) is -0.0393. The second-order valence-electron chi connectivity index (χ2n) is 8.40. The van der Waals surface area contributed by atoms with Crippen LogP contribution in [0, 0.1) is 5.92 Å². The van der Waals surface area contributed by atoms with Crippen LogP contribution in [0.3, 0.4) is 0 Å². The molecule has 1 atom stereocenters. The van der Waals surface area contributed by atoms with Gasteiger partial charge in [-0.25, -0.2) is 4.79 Å². The standard InChI is InChI=1S/C23H23N3O4/c1-12(2)19-9-14-13-5-7-30-22(13)16(18-4-6-25(3)24-18)8-15(14)20-10-21(27)17(23(28)29)11-26(19)20/h4,6,8,10-12,19H,5,7,9H2,1-3H3,(H,28,29). The SMILES string of the molecule is CC(C)C1Cc2c(cc(-c3ccn(C)n3)c3c2CCO3)-c2cc(=O)c(C(=O)O)cn21. The lowest BCUT2D eigenvalue weighted by Crippen LogP contribution is -2.28. The molecule has 30 heavy (non-hydrogen) atoms. The van der Waals surface area contributed by atoms with Crippen molar-refractivity contribution in [3.05, 3.63) is 57.5 Å². The van der Waals surface area contributed by atoms with Crippen LogP contribution in [0.5, 0.6) is 5.75 Å². The summed E-state index contributed by atoms with van der Waals surface area (Å²) >= 11 is 0. The Bertz CT molecular complexity index is 1250. The van der Waals surface area contributed by atoms with Crippen molar-refractivity contribution in [2.24, 2.45) is 13.0 Å². The third-order valence-electron chi connectivity index (χ3n) is 6.21. The molecule has 3 aromatic rings. The maximum Gasteiger partial charge on any atom is 0.341 e. The third-order valence-corrected chi connectivity index (χ3v) is 6.21. The molecule has 0 bridgehead atoms. The Morgan fingerprint density at radius 3 is 2.73 bits per heavy atom. The molecule has 0 amide bonds. The van der Waals surface area contributed by atoms with Gasteiger partial charge in [-0.05, 0) is 30.0 Å². The Hall–Kier alpha value is -3.35. The van der Waals surface area contributed by atoms with Gasteiger partial charge in [-0.2, -0.15) is 5.10 Å². The van der Waals surface area contributed by atoms with Crippen LogP contribution >= 0.6 is 0 Å². The highest BCUT2D eigenvalue weighted by molar-refractivity contribution is 5.88. The summed E-state index contributed by atoms with van der Waals surface area (Å²) in [5, 5.41) is 14.0. The predicted molar refractivity (Wildman–Crippen MR) is 112 cm³/mol. The quantitative estimate of drug-likeness (QED) is 0.723. The van der Waals surface area contributed by atoms with Gasteiger partial charge in [-0.3, -0.25) is 9.48 Å². The molecule has 4 heterocycles. The van der Waals surface area contributed by atoms with E-state index >= 15 is 0 Å². The number of nitrogens with zero attached hydrogens (tertiary/aromatic N) is 3. The fourth-order valence-corrected chi connectivity index (χ4v) is 4.72. The van der Waals surface area contributed by atoms with Gasteiger partial charge >= 0.3 is 5.97 Å². The number of hydrogen-bond acceptors (Lipinski definition) is 4. The van der Waals surface area contributed by atoms with Gasteiger partial charge in [0.2, 0.25) is 0 Å². The van der Waals surface area contributed by atoms with E-state index in [4.69, 9.17) is 4.74 Å². The summed E-state index contributed by atoms with van der Waals surface area (Å²) in [7, 11) is 1.87. The minimum Gasteiger partial charge on any atom is -0.492 e. The number of aromatic nitrogens is 3.